The van der Waals surface area contributed by atoms with Crippen LogP contribution in [-0.2, 0) is 29.3 Å². The van der Waals surface area contributed by atoms with Crippen LogP contribution in [0.1, 0.15) is 93.4 Å². The van der Waals surface area contributed by atoms with Crippen LogP contribution >= 0.6 is 0 Å². The van der Waals surface area contributed by atoms with Crippen molar-refractivity contribution in [1.82, 2.24) is 24.6 Å². The maximum atomic E-state index is 13.7. The van der Waals surface area contributed by atoms with Crippen LogP contribution in [-0.4, -0.2) is 84.3 Å². The van der Waals surface area contributed by atoms with E-state index in [1.54, 1.807) is 40.7 Å². The Hall–Kier alpha value is -2.89. The molecule has 42 heavy (non-hydrogen) atoms. The van der Waals surface area contributed by atoms with Crippen LogP contribution in [0.5, 0.6) is 0 Å². The number of amides is 4. The maximum absolute atomic E-state index is 13.7. The lowest BCUT2D eigenvalue weighted by Crippen LogP contribution is -2.59. The molecule has 4 amide bonds. The van der Waals surface area contributed by atoms with Crippen LogP contribution in [0.15, 0.2) is 17.9 Å². The minimum absolute atomic E-state index is 0. The van der Waals surface area contributed by atoms with Crippen molar-refractivity contribution in [2.45, 2.75) is 123 Å². The molecule has 2 aliphatic heterocycles. The van der Waals surface area contributed by atoms with Crippen molar-refractivity contribution in [2.24, 2.45) is 5.92 Å². The van der Waals surface area contributed by atoms with Gasteiger partial charge in [-0.1, -0.05) is 20.3 Å². The van der Waals surface area contributed by atoms with Gasteiger partial charge in [0.1, 0.15) is 23.2 Å². The summed E-state index contributed by atoms with van der Waals surface area (Å²) in [6.07, 6.45) is 7.45. The van der Waals surface area contributed by atoms with Crippen molar-refractivity contribution < 1.29 is 32.3 Å². The number of hydrogen-bond donors (Lipinski definition) is 3. The first-order valence-corrected chi connectivity index (χ1v) is 15.8. The number of nitrogens with one attached hydrogen (secondary N) is 3. The van der Waals surface area contributed by atoms with E-state index >= 15 is 0 Å². The molecule has 3 aliphatic rings. The fourth-order valence-corrected chi connectivity index (χ4v) is 6.18. The van der Waals surface area contributed by atoms with Gasteiger partial charge in [0.25, 0.3) is 5.91 Å². The Morgan fingerprint density at radius 1 is 1.17 bits per heavy atom. The second-order valence-corrected chi connectivity index (χ2v) is 14.1. The van der Waals surface area contributed by atoms with Gasteiger partial charge in [-0.3, -0.25) is 14.4 Å². The topological polar surface area (TPSA) is 154 Å². The van der Waals surface area contributed by atoms with E-state index in [1.807, 2.05) is 6.08 Å². The van der Waals surface area contributed by atoms with Gasteiger partial charge < -0.3 is 20.3 Å². The van der Waals surface area contributed by atoms with Crippen molar-refractivity contribution >= 4 is 34.0 Å². The monoisotopic (exact) mass is 611 g/mol. The van der Waals surface area contributed by atoms with Crippen LogP contribution in [0.3, 0.4) is 0 Å². The molecule has 13 heteroatoms. The number of fused-ring (bicyclic) bond motifs is 2. The van der Waals surface area contributed by atoms with E-state index in [0.717, 1.165) is 17.1 Å². The third-order valence-corrected chi connectivity index (χ3v) is 9.30. The highest BCUT2D eigenvalue weighted by molar-refractivity contribution is 7.87. The fraction of sp³-hybridized carbons (Fsp3) is 0.759. The second-order valence-electron chi connectivity index (χ2n) is 12.4. The number of rotatable bonds is 5. The number of alkyl carbamates (subject to hydrolysis) is 1. The van der Waals surface area contributed by atoms with Crippen molar-refractivity contribution in [2.75, 3.05) is 13.6 Å². The SMILES string of the molecule is C.CC(C)N(C)S(=O)(=O)NC(=O)[C@@]12C[C@H]1C=C=CCCCCC[C@H](NC(=O)OC(C)(C)C)C(=O)N1CCC[C@H]1C(=O)N2. The third kappa shape index (κ3) is 8.81. The van der Waals surface area contributed by atoms with Crippen molar-refractivity contribution in [3.63, 3.8) is 0 Å². The van der Waals surface area contributed by atoms with Crippen LogP contribution in [0, 0.1) is 5.92 Å². The zero-order chi connectivity index (χ0) is 30.6. The normalized spacial score (nSPS) is 27.0. The summed E-state index contributed by atoms with van der Waals surface area (Å²) in [4.78, 5) is 54.7. The molecule has 0 radical (unpaired) electrons. The molecular weight excluding hydrogens is 562 g/mol. The van der Waals surface area contributed by atoms with Gasteiger partial charge in [0.15, 0.2) is 0 Å². The Labute approximate surface area is 250 Å². The van der Waals surface area contributed by atoms with Gasteiger partial charge in [0.2, 0.25) is 11.8 Å². The summed E-state index contributed by atoms with van der Waals surface area (Å²) < 4.78 is 34.1. The lowest BCUT2D eigenvalue weighted by Gasteiger charge is -2.31. The molecule has 3 N–H and O–H groups in total. The lowest BCUT2D eigenvalue weighted by molar-refractivity contribution is -0.141. The molecule has 0 aromatic carbocycles. The minimum Gasteiger partial charge on any atom is -0.444 e. The summed E-state index contributed by atoms with van der Waals surface area (Å²) in [5.74, 6) is -2.21. The zero-order valence-electron chi connectivity index (χ0n) is 25.0. The first-order chi connectivity index (χ1) is 19.1. The van der Waals surface area contributed by atoms with Gasteiger partial charge in [0, 0.05) is 25.6 Å². The minimum atomic E-state index is -4.14. The molecule has 2 fully saturated rings. The lowest BCUT2D eigenvalue weighted by atomic mass is 10.0. The highest BCUT2D eigenvalue weighted by Crippen LogP contribution is 2.45. The van der Waals surface area contributed by atoms with Crippen LogP contribution < -0.4 is 15.4 Å². The molecule has 1 saturated carbocycles. The van der Waals surface area contributed by atoms with E-state index in [4.69, 9.17) is 4.74 Å². The molecule has 0 aromatic heterocycles. The highest BCUT2D eigenvalue weighted by Gasteiger charge is 2.61. The average molecular weight is 612 g/mol. The summed E-state index contributed by atoms with van der Waals surface area (Å²) in [5, 5.41) is 5.49. The van der Waals surface area contributed by atoms with Crippen molar-refractivity contribution in [1.29, 1.82) is 0 Å². The standard InChI is InChI=1S/C28H45N5O7S.CH4/c1-19(2)32(6)41(38,39)31-25(36)28-18-20(28)14-11-9-7-8-10-12-15-21(29-26(37)40-27(3,4)5)24(35)33-17-13-16-22(33)23(34)30-28;/h9,14,19-22H,7-8,10,12-13,15-18H2,1-6H3,(H,29,37)(H,30,34)(H,31,36);1H4/t11?,20-,21+,22+,28-;/m1./s1. The third-order valence-electron chi connectivity index (χ3n) is 7.68. The number of nitrogens with zero attached hydrogens (tertiary/aromatic N) is 2. The number of ether oxygens (including phenoxy) is 1. The van der Waals surface area contributed by atoms with Gasteiger partial charge >= 0.3 is 16.3 Å². The molecule has 12 nitrogen and oxygen atoms in total. The van der Waals surface area contributed by atoms with Crippen LogP contribution in [0.25, 0.3) is 0 Å². The van der Waals surface area contributed by atoms with Gasteiger partial charge in [-0.05, 0) is 85.3 Å². The van der Waals surface area contributed by atoms with E-state index in [2.05, 4.69) is 21.1 Å². The molecule has 0 spiro atoms. The Balaban J connectivity index is 0.00000616. The Bertz CT molecular complexity index is 1190. The zero-order valence-corrected chi connectivity index (χ0v) is 25.8. The molecule has 238 valence electrons. The van der Waals surface area contributed by atoms with Gasteiger partial charge in [-0.25, -0.2) is 9.52 Å². The predicted molar refractivity (Wildman–Crippen MR) is 159 cm³/mol. The first kappa shape index (κ1) is 35.3. The van der Waals surface area contributed by atoms with Gasteiger partial charge in [0.05, 0.1) is 0 Å². The largest absolute Gasteiger partial charge is 0.444 e. The van der Waals surface area contributed by atoms with Gasteiger partial charge in [-0.15, -0.1) is 5.73 Å². The molecule has 0 aromatic rings. The molecule has 4 atom stereocenters. The predicted octanol–water partition coefficient (Wildman–Crippen LogP) is 2.76. The molecule has 0 bridgehead atoms. The Morgan fingerprint density at radius 2 is 1.86 bits per heavy atom. The molecule has 1 saturated heterocycles. The van der Waals surface area contributed by atoms with E-state index in [-0.39, 0.29) is 25.8 Å². The fourth-order valence-electron chi connectivity index (χ4n) is 5.06. The molecule has 1 aliphatic carbocycles. The summed E-state index contributed by atoms with van der Waals surface area (Å²) in [6, 6.07) is -2.12. The first-order valence-electron chi connectivity index (χ1n) is 14.4. The molecule has 0 unspecified atom stereocenters. The number of carbonyl (C=O) groups excluding carboxylic acids is 4. The highest BCUT2D eigenvalue weighted by atomic mass is 32.2. The quantitative estimate of drug-likeness (QED) is 0.404. The second kappa shape index (κ2) is 14.1. The van der Waals surface area contributed by atoms with Crippen LogP contribution in [0.4, 0.5) is 4.79 Å². The smallest absolute Gasteiger partial charge is 0.408 e. The maximum Gasteiger partial charge on any atom is 0.408 e. The summed E-state index contributed by atoms with van der Waals surface area (Å²) in [5.41, 5.74) is 0.865. The molecular formula is C29H49N5O7S. The Morgan fingerprint density at radius 3 is 2.50 bits per heavy atom. The van der Waals surface area contributed by atoms with E-state index in [0.29, 0.717) is 38.6 Å². The van der Waals surface area contributed by atoms with Gasteiger partial charge in [-0.2, -0.15) is 12.7 Å². The molecule has 2 heterocycles. The van der Waals surface area contributed by atoms with Crippen molar-refractivity contribution in [3.05, 3.63) is 17.9 Å². The summed E-state index contributed by atoms with van der Waals surface area (Å²) >= 11 is 0. The van der Waals surface area contributed by atoms with E-state index in [9.17, 15) is 27.6 Å². The number of hydrogen-bond acceptors (Lipinski definition) is 7. The van der Waals surface area contributed by atoms with E-state index < -0.39 is 57.3 Å². The summed E-state index contributed by atoms with van der Waals surface area (Å²) in [6.45, 7) is 8.89. The summed E-state index contributed by atoms with van der Waals surface area (Å²) in [7, 11) is -2.77. The average Bonchev–Trinajstić information content (AvgIpc) is 3.32. The van der Waals surface area contributed by atoms with E-state index in [1.165, 1.54) is 11.9 Å². The van der Waals surface area contributed by atoms with Crippen molar-refractivity contribution in [3.8, 4) is 0 Å². The van der Waals surface area contributed by atoms with Crippen LogP contribution in [0.2, 0.25) is 0 Å². The number of carbonyl (C=O) groups is 4. The molecule has 3 rings (SSSR count). The Kier molecular flexibility index (Phi) is 11.8.